The number of amides is 1. The SMILES string of the molecule is CCCC(C(N)=O)C(=O)CC. The monoisotopic (exact) mass is 157 g/mol. The van der Waals surface area contributed by atoms with Crippen LogP contribution in [0.4, 0.5) is 0 Å². The lowest BCUT2D eigenvalue weighted by atomic mass is 9.96. The van der Waals surface area contributed by atoms with Crippen LogP contribution >= 0.6 is 0 Å². The van der Waals surface area contributed by atoms with Crippen molar-refractivity contribution in [2.75, 3.05) is 0 Å². The van der Waals surface area contributed by atoms with Gasteiger partial charge in [-0.05, 0) is 6.42 Å². The van der Waals surface area contributed by atoms with Gasteiger partial charge < -0.3 is 5.73 Å². The van der Waals surface area contributed by atoms with E-state index < -0.39 is 11.8 Å². The number of nitrogens with two attached hydrogens (primary N) is 1. The Bertz CT molecular complexity index is 154. The Labute approximate surface area is 67.0 Å². The van der Waals surface area contributed by atoms with Crippen LogP contribution in [0.5, 0.6) is 0 Å². The minimum Gasteiger partial charge on any atom is -0.369 e. The van der Waals surface area contributed by atoms with Gasteiger partial charge in [0.2, 0.25) is 5.91 Å². The zero-order valence-electron chi connectivity index (χ0n) is 7.09. The predicted molar refractivity (Wildman–Crippen MR) is 42.9 cm³/mol. The Morgan fingerprint density at radius 1 is 1.36 bits per heavy atom. The second kappa shape index (κ2) is 4.88. The zero-order valence-corrected chi connectivity index (χ0v) is 7.09. The van der Waals surface area contributed by atoms with E-state index in [4.69, 9.17) is 5.73 Å². The van der Waals surface area contributed by atoms with Crippen molar-refractivity contribution in [3.63, 3.8) is 0 Å². The molecule has 2 N–H and O–H groups in total. The van der Waals surface area contributed by atoms with Crippen LogP contribution < -0.4 is 5.73 Å². The molecule has 0 fully saturated rings. The molecule has 0 spiro atoms. The molecule has 0 radical (unpaired) electrons. The third kappa shape index (κ3) is 3.16. The van der Waals surface area contributed by atoms with Crippen molar-refractivity contribution in [3.8, 4) is 0 Å². The van der Waals surface area contributed by atoms with Crippen LogP contribution in [0.3, 0.4) is 0 Å². The fourth-order valence-electron chi connectivity index (χ4n) is 0.997. The summed E-state index contributed by atoms with van der Waals surface area (Å²) in [4.78, 5) is 21.7. The first-order chi connectivity index (χ1) is 5.13. The van der Waals surface area contributed by atoms with Crippen molar-refractivity contribution in [1.29, 1.82) is 0 Å². The van der Waals surface area contributed by atoms with E-state index in [1.165, 1.54) is 0 Å². The van der Waals surface area contributed by atoms with Crippen LogP contribution in [-0.2, 0) is 9.59 Å². The summed E-state index contributed by atoms with van der Waals surface area (Å²) in [7, 11) is 0. The van der Waals surface area contributed by atoms with Crippen molar-refractivity contribution in [2.24, 2.45) is 11.7 Å². The second-order valence-electron chi connectivity index (χ2n) is 2.56. The maximum Gasteiger partial charge on any atom is 0.227 e. The first-order valence-electron chi connectivity index (χ1n) is 3.95. The highest BCUT2D eigenvalue weighted by Crippen LogP contribution is 2.08. The predicted octanol–water partition coefficient (Wildman–Crippen LogP) is 0.867. The first kappa shape index (κ1) is 10.1. The Kier molecular flexibility index (Phi) is 4.50. The topological polar surface area (TPSA) is 60.2 Å². The molecular weight excluding hydrogens is 142 g/mol. The number of hydrogen-bond acceptors (Lipinski definition) is 2. The summed E-state index contributed by atoms with van der Waals surface area (Å²) in [6.45, 7) is 3.67. The Morgan fingerprint density at radius 2 is 1.91 bits per heavy atom. The van der Waals surface area contributed by atoms with Gasteiger partial charge in [-0.15, -0.1) is 0 Å². The summed E-state index contributed by atoms with van der Waals surface area (Å²) in [6.07, 6.45) is 1.80. The molecule has 0 rings (SSSR count). The van der Waals surface area contributed by atoms with Gasteiger partial charge in [0.1, 0.15) is 5.78 Å². The van der Waals surface area contributed by atoms with Gasteiger partial charge in [0.05, 0.1) is 5.92 Å². The van der Waals surface area contributed by atoms with Gasteiger partial charge in [0.15, 0.2) is 0 Å². The minimum atomic E-state index is -0.551. The van der Waals surface area contributed by atoms with Crippen molar-refractivity contribution in [1.82, 2.24) is 0 Å². The van der Waals surface area contributed by atoms with Crippen molar-refractivity contribution in [2.45, 2.75) is 33.1 Å². The number of Topliss-reactive ketones (excluding diaryl/α,β-unsaturated/α-hetero) is 1. The fourth-order valence-corrected chi connectivity index (χ4v) is 0.997. The average molecular weight is 157 g/mol. The van der Waals surface area contributed by atoms with E-state index in [9.17, 15) is 9.59 Å². The number of primary amides is 1. The summed E-state index contributed by atoms with van der Waals surface area (Å²) in [6, 6.07) is 0. The smallest absolute Gasteiger partial charge is 0.227 e. The van der Waals surface area contributed by atoms with Crippen LogP contribution in [-0.4, -0.2) is 11.7 Å². The summed E-state index contributed by atoms with van der Waals surface area (Å²) in [5, 5.41) is 0. The lowest BCUT2D eigenvalue weighted by Crippen LogP contribution is -2.29. The normalized spacial score (nSPS) is 12.5. The highest BCUT2D eigenvalue weighted by Gasteiger charge is 2.20. The van der Waals surface area contributed by atoms with Crippen molar-refractivity contribution < 1.29 is 9.59 Å². The lowest BCUT2D eigenvalue weighted by Gasteiger charge is -2.08. The summed E-state index contributed by atoms with van der Waals surface area (Å²) in [5.41, 5.74) is 5.04. The van der Waals surface area contributed by atoms with E-state index in [0.717, 1.165) is 6.42 Å². The third-order valence-electron chi connectivity index (χ3n) is 1.66. The van der Waals surface area contributed by atoms with E-state index in [1.807, 2.05) is 6.92 Å². The second-order valence-corrected chi connectivity index (χ2v) is 2.56. The Hall–Kier alpha value is -0.860. The number of hydrogen-bond donors (Lipinski definition) is 1. The molecule has 0 aromatic rings. The van der Waals surface area contributed by atoms with Gasteiger partial charge in [-0.1, -0.05) is 20.3 Å². The zero-order chi connectivity index (χ0) is 8.85. The van der Waals surface area contributed by atoms with E-state index in [0.29, 0.717) is 12.8 Å². The molecule has 0 saturated heterocycles. The third-order valence-corrected chi connectivity index (χ3v) is 1.66. The lowest BCUT2D eigenvalue weighted by molar-refractivity contribution is -0.132. The van der Waals surface area contributed by atoms with Crippen molar-refractivity contribution >= 4 is 11.7 Å². The molecule has 0 heterocycles. The van der Waals surface area contributed by atoms with E-state index in [1.54, 1.807) is 6.92 Å². The summed E-state index contributed by atoms with van der Waals surface area (Å²) >= 11 is 0. The molecule has 0 aliphatic heterocycles. The molecule has 1 atom stereocenters. The highest BCUT2D eigenvalue weighted by atomic mass is 16.2. The minimum absolute atomic E-state index is 0.0423. The molecule has 3 heteroatoms. The maximum absolute atomic E-state index is 11.0. The van der Waals surface area contributed by atoms with E-state index >= 15 is 0 Å². The Balaban J connectivity index is 4.09. The van der Waals surface area contributed by atoms with Crippen LogP contribution in [0, 0.1) is 5.92 Å². The number of carbonyl (C=O) groups excluding carboxylic acids is 2. The van der Waals surface area contributed by atoms with Crippen LogP contribution in [0.2, 0.25) is 0 Å². The molecule has 0 saturated carbocycles. The highest BCUT2D eigenvalue weighted by molar-refractivity contribution is 6.00. The number of rotatable bonds is 5. The molecule has 1 amide bonds. The van der Waals surface area contributed by atoms with E-state index in [2.05, 4.69) is 0 Å². The standard InChI is InChI=1S/C8H15NO2/c1-3-5-6(8(9)11)7(10)4-2/h6H,3-5H2,1-2H3,(H2,9,11). The molecule has 1 unspecified atom stereocenters. The molecule has 0 aromatic heterocycles. The molecule has 0 aliphatic carbocycles. The largest absolute Gasteiger partial charge is 0.369 e. The average Bonchev–Trinajstić information content (AvgIpc) is 1.98. The fraction of sp³-hybridized carbons (Fsp3) is 0.750. The van der Waals surface area contributed by atoms with E-state index in [-0.39, 0.29) is 5.78 Å². The van der Waals surface area contributed by atoms with Gasteiger partial charge in [0, 0.05) is 6.42 Å². The molecule has 0 bridgehead atoms. The van der Waals surface area contributed by atoms with Crippen LogP contribution in [0.1, 0.15) is 33.1 Å². The number of carbonyl (C=O) groups is 2. The van der Waals surface area contributed by atoms with Crippen LogP contribution in [0.25, 0.3) is 0 Å². The van der Waals surface area contributed by atoms with Gasteiger partial charge in [-0.2, -0.15) is 0 Å². The molecule has 0 aromatic carbocycles. The number of ketones is 1. The molecule has 11 heavy (non-hydrogen) atoms. The van der Waals surface area contributed by atoms with Gasteiger partial charge in [-0.25, -0.2) is 0 Å². The summed E-state index contributed by atoms with van der Waals surface area (Å²) in [5.74, 6) is -1.08. The Morgan fingerprint density at radius 3 is 2.18 bits per heavy atom. The first-order valence-corrected chi connectivity index (χ1v) is 3.95. The van der Waals surface area contributed by atoms with Gasteiger partial charge in [-0.3, -0.25) is 9.59 Å². The van der Waals surface area contributed by atoms with Gasteiger partial charge >= 0.3 is 0 Å². The molecular formula is C8H15NO2. The van der Waals surface area contributed by atoms with Crippen LogP contribution in [0.15, 0.2) is 0 Å². The summed E-state index contributed by atoms with van der Waals surface area (Å²) < 4.78 is 0. The quantitative estimate of drug-likeness (QED) is 0.602. The maximum atomic E-state index is 11.0. The van der Waals surface area contributed by atoms with Crippen molar-refractivity contribution in [3.05, 3.63) is 0 Å². The molecule has 0 aliphatic rings. The molecule has 3 nitrogen and oxygen atoms in total. The molecule has 64 valence electrons. The van der Waals surface area contributed by atoms with Gasteiger partial charge in [0.25, 0.3) is 0 Å².